The van der Waals surface area contributed by atoms with Crippen molar-refractivity contribution in [2.45, 2.75) is 47.2 Å². The lowest BCUT2D eigenvalue weighted by atomic mass is 9.86. The Morgan fingerprint density at radius 2 is 1.89 bits per heavy atom. The molecule has 0 radical (unpaired) electrons. The molecule has 102 valence electrons. The van der Waals surface area contributed by atoms with Crippen LogP contribution >= 0.6 is 0 Å². The molecule has 0 spiro atoms. The minimum absolute atomic E-state index is 0.283. The van der Waals surface area contributed by atoms with E-state index in [1.54, 1.807) is 0 Å². The summed E-state index contributed by atoms with van der Waals surface area (Å²) < 4.78 is 0. The highest BCUT2D eigenvalue weighted by atomic mass is 15.1. The monoisotopic (exact) mass is 248 g/mol. The molecule has 0 saturated carbocycles. The molecule has 0 saturated heterocycles. The number of benzene rings is 1. The Morgan fingerprint density at radius 1 is 1.28 bits per heavy atom. The Bertz CT molecular complexity index is 391. The summed E-state index contributed by atoms with van der Waals surface area (Å²) in [6.45, 7) is 12.3. The maximum atomic E-state index is 3.19. The molecule has 1 N–H and O–H groups in total. The second kappa shape index (κ2) is 5.75. The van der Waals surface area contributed by atoms with Gasteiger partial charge in [0.1, 0.15) is 0 Å². The minimum atomic E-state index is 0.283. The van der Waals surface area contributed by atoms with Crippen molar-refractivity contribution in [1.29, 1.82) is 0 Å². The second-order valence-corrected chi connectivity index (χ2v) is 6.30. The van der Waals surface area contributed by atoms with E-state index in [9.17, 15) is 0 Å². The SMILES string of the molecule is CNCc1ccc(N(C)C(C)C(C)(C)C)c(C)c1. The number of anilines is 1. The van der Waals surface area contributed by atoms with Crippen LogP contribution in [-0.4, -0.2) is 20.1 Å². The van der Waals surface area contributed by atoms with Crippen LogP contribution in [-0.2, 0) is 6.54 Å². The van der Waals surface area contributed by atoms with Gasteiger partial charge in [0.2, 0.25) is 0 Å². The van der Waals surface area contributed by atoms with E-state index in [0.29, 0.717) is 6.04 Å². The molecule has 0 aliphatic carbocycles. The molecule has 1 atom stereocenters. The van der Waals surface area contributed by atoms with Crippen molar-refractivity contribution < 1.29 is 0 Å². The molecule has 0 aliphatic heterocycles. The van der Waals surface area contributed by atoms with E-state index in [1.807, 2.05) is 7.05 Å². The van der Waals surface area contributed by atoms with E-state index in [2.05, 4.69) is 70.1 Å². The van der Waals surface area contributed by atoms with Crippen molar-refractivity contribution in [2.75, 3.05) is 19.0 Å². The van der Waals surface area contributed by atoms with Crippen LogP contribution < -0.4 is 10.2 Å². The quantitative estimate of drug-likeness (QED) is 0.876. The highest BCUT2D eigenvalue weighted by Crippen LogP contribution is 2.29. The molecule has 1 aromatic rings. The molecule has 1 rings (SSSR count). The van der Waals surface area contributed by atoms with Crippen molar-refractivity contribution in [1.82, 2.24) is 5.32 Å². The first-order chi connectivity index (χ1) is 8.27. The minimum Gasteiger partial charge on any atom is -0.371 e. The van der Waals surface area contributed by atoms with Gasteiger partial charge in [-0.2, -0.15) is 0 Å². The molecular weight excluding hydrogens is 220 g/mol. The Labute approximate surface area is 112 Å². The number of aryl methyl sites for hydroxylation is 1. The predicted octanol–water partition coefficient (Wildman–Crippen LogP) is 3.59. The lowest BCUT2D eigenvalue weighted by Crippen LogP contribution is -2.39. The molecule has 0 aliphatic rings. The van der Waals surface area contributed by atoms with Crippen molar-refractivity contribution in [3.8, 4) is 0 Å². The Balaban J connectivity index is 2.96. The van der Waals surface area contributed by atoms with E-state index < -0.39 is 0 Å². The van der Waals surface area contributed by atoms with Crippen molar-refractivity contribution in [3.05, 3.63) is 29.3 Å². The number of nitrogens with one attached hydrogen (secondary N) is 1. The van der Waals surface area contributed by atoms with E-state index >= 15 is 0 Å². The summed E-state index contributed by atoms with van der Waals surface area (Å²) in [6.07, 6.45) is 0. The molecule has 18 heavy (non-hydrogen) atoms. The third-order valence-electron chi connectivity index (χ3n) is 3.86. The number of nitrogens with zero attached hydrogens (tertiary/aromatic N) is 1. The van der Waals surface area contributed by atoms with Gasteiger partial charge in [-0.05, 0) is 43.5 Å². The smallest absolute Gasteiger partial charge is 0.0396 e. The lowest BCUT2D eigenvalue weighted by Gasteiger charge is -2.37. The van der Waals surface area contributed by atoms with Gasteiger partial charge in [0, 0.05) is 25.3 Å². The van der Waals surface area contributed by atoms with Crippen molar-refractivity contribution in [3.63, 3.8) is 0 Å². The molecular formula is C16H28N2. The standard InChI is InChI=1S/C16H28N2/c1-12-10-14(11-17-6)8-9-15(12)18(7)13(2)16(3,4)5/h8-10,13,17H,11H2,1-7H3. The summed E-state index contributed by atoms with van der Waals surface area (Å²) >= 11 is 0. The van der Waals surface area contributed by atoms with Crippen LogP contribution in [0, 0.1) is 12.3 Å². The molecule has 2 heteroatoms. The average Bonchev–Trinajstić information content (AvgIpc) is 2.26. The molecule has 0 heterocycles. The van der Waals surface area contributed by atoms with Gasteiger partial charge in [-0.3, -0.25) is 0 Å². The molecule has 0 bridgehead atoms. The van der Waals surface area contributed by atoms with Gasteiger partial charge in [0.05, 0.1) is 0 Å². The molecule has 1 aromatic carbocycles. The number of hydrogen-bond donors (Lipinski definition) is 1. The van der Waals surface area contributed by atoms with Gasteiger partial charge in [-0.15, -0.1) is 0 Å². The molecule has 1 unspecified atom stereocenters. The zero-order valence-electron chi connectivity index (χ0n) is 13.0. The van der Waals surface area contributed by atoms with Crippen LogP contribution in [0.3, 0.4) is 0 Å². The zero-order chi connectivity index (χ0) is 13.9. The first-order valence-electron chi connectivity index (χ1n) is 6.74. The number of hydrogen-bond acceptors (Lipinski definition) is 2. The Hall–Kier alpha value is -1.02. The molecule has 0 amide bonds. The van der Waals surface area contributed by atoms with Crippen molar-refractivity contribution >= 4 is 5.69 Å². The largest absolute Gasteiger partial charge is 0.371 e. The predicted molar refractivity (Wildman–Crippen MR) is 81.3 cm³/mol. The van der Waals surface area contributed by atoms with Crippen LogP contribution in [0.5, 0.6) is 0 Å². The van der Waals surface area contributed by atoms with Gasteiger partial charge < -0.3 is 10.2 Å². The fourth-order valence-electron chi connectivity index (χ4n) is 2.22. The maximum absolute atomic E-state index is 3.19. The van der Waals surface area contributed by atoms with Crippen molar-refractivity contribution in [2.24, 2.45) is 5.41 Å². The van der Waals surface area contributed by atoms with E-state index in [4.69, 9.17) is 0 Å². The molecule has 0 aromatic heterocycles. The van der Waals surface area contributed by atoms with Gasteiger partial charge >= 0.3 is 0 Å². The number of rotatable bonds is 4. The summed E-state index contributed by atoms with van der Waals surface area (Å²) in [4.78, 5) is 2.39. The third-order valence-corrected chi connectivity index (χ3v) is 3.86. The molecule has 0 fully saturated rings. The van der Waals surface area contributed by atoms with Gasteiger partial charge in [-0.1, -0.05) is 32.9 Å². The van der Waals surface area contributed by atoms with Crippen LogP contribution in [0.2, 0.25) is 0 Å². The van der Waals surface area contributed by atoms with Gasteiger partial charge in [0.15, 0.2) is 0 Å². The summed E-state index contributed by atoms with van der Waals surface area (Å²) in [6, 6.07) is 7.23. The van der Waals surface area contributed by atoms with E-state index in [1.165, 1.54) is 16.8 Å². The lowest BCUT2D eigenvalue weighted by molar-refractivity contribution is 0.329. The highest BCUT2D eigenvalue weighted by molar-refractivity contribution is 5.54. The average molecular weight is 248 g/mol. The maximum Gasteiger partial charge on any atom is 0.0396 e. The normalized spacial score (nSPS) is 13.5. The van der Waals surface area contributed by atoms with Crippen LogP contribution in [0.15, 0.2) is 18.2 Å². The fourth-order valence-corrected chi connectivity index (χ4v) is 2.22. The van der Waals surface area contributed by atoms with Gasteiger partial charge in [-0.25, -0.2) is 0 Å². The summed E-state index contributed by atoms with van der Waals surface area (Å²) in [5, 5.41) is 3.19. The fraction of sp³-hybridized carbons (Fsp3) is 0.625. The van der Waals surface area contributed by atoms with Gasteiger partial charge in [0.25, 0.3) is 0 Å². The van der Waals surface area contributed by atoms with E-state index in [-0.39, 0.29) is 5.41 Å². The second-order valence-electron chi connectivity index (χ2n) is 6.30. The van der Waals surface area contributed by atoms with E-state index in [0.717, 1.165) is 6.54 Å². The van der Waals surface area contributed by atoms with Crippen LogP contribution in [0.4, 0.5) is 5.69 Å². The Morgan fingerprint density at radius 3 is 2.33 bits per heavy atom. The first kappa shape index (κ1) is 15.0. The van der Waals surface area contributed by atoms with Crippen LogP contribution in [0.25, 0.3) is 0 Å². The zero-order valence-corrected chi connectivity index (χ0v) is 13.0. The van der Waals surface area contributed by atoms with Crippen LogP contribution in [0.1, 0.15) is 38.8 Å². The first-order valence-corrected chi connectivity index (χ1v) is 6.74. The topological polar surface area (TPSA) is 15.3 Å². The third kappa shape index (κ3) is 3.49. The highest BCUT2D eigenvalue weighted by Gasteiger charge is 2.24. The Kier molecular flexibility index (Phi) is 4.80. The molecule has 2 nitrogen and oxygen atoms in total. The summed E-state index contributed by atoms with van der Waals surface area (Å²) in [7, 11) is 4.17. The summed E-state index contributed by atoms with van der Waals surface area (Å²) in [5.41, 5.74) is 4.30. The summed E-state index contributed by atoms with van der Waals surface area (Å²) in [5.74, 6) is 0.